The second-order valence-electron chi connectivity index (χ2n) is 12.0. The Hall–Kier alpha value is -3.05. The van der Waals surface area contributed by atoms with Crippen LogP contribution >= 0.6 is 0 Å². The van der Waals surface area contributed by atoms with Gasteiger partial charge in [-0.05, 0) is 57.4 Å². The molecule has 39 heavy (non-hydrogen) atoms. The summed E-state index contributed by atoms with van der Waals surface area (Å²) in [7, 11) is 1.46. The smallest absolute Gasteiger partial charge is 0.272 e. The molecule has 2 aliphatic carbocycles. The van der Waals surface area contributed by atoms with E-state index in [4.69, 9.17) is 9.47 Å². The van der Waals surface area contributed by atoms with Crippen molar-refractivity contribution in [1.82, 2.24) is 30.3 Å². The van der Waals surface area contributed by atoms with Crippen LogP contribution in [-0.2, 0) is 9.53 Å². The van der Waals surface area contributed by atoms with Gasteiger partial charge in [0.05, 0.1) is 37.3 Å². The van der Waals surface area contributed by atoms with Crippen LogP contribution in [0.2, 0.25) is 0 Å². The van der Waals surface area contributed by atoms with Crippen LogP contribution in [0.25, 0.3) is 11.3 Å². The number of rotatable bonds is 6. The molecule has 0 unspecified atom stereocenters. The van der Waals surface area contributed by atoms with E-state index in [1.807, 2.05) is 4.90 Å². The van der Waals surface area contributed by atoms with Crippen LogP contribution in [0.4, 0.5) is 4.39 Å². The summed E-state index contributed by atoms with van der Waals surface area (Å²) < 4.78 is 25.4. The van der Waals surface area contributed by atoms with Gasteiger partial charge in [-0.3, -0.25) is 19.6 Å². The maximum absolute atomic E-state index is 14.4. The Morgan fingerprint density at radius 3 is 2.74 bits per heavy atom. The molecule has 3 aliphatic heterocycles. The molecule has 0 aromatic carbocycles. The lowest BCUT2D eigenvalue weighted by Gasteiger charge is -2.58. The summed E-state index contributed by atoms with van der Waals surface area (Å²) >= 11 is 0. The molecule has 5 fully saturated rings. The number of amides is 2. The lowest BCUT2D eigenvalue weighted by atomic mass is 9.70. The molecule has 3 atom stereocenters. The lowest BCUT2D eigenvalue weighted by Crippen LogP contribution is -2.68. The van der Waals surface area contributed by atoms with E-state index in [0.29, 0.717) is 36.8 Å². The van der Waals surface area contributed by atoms with E-state index in [1.165, 1.54) is 32.4 Å². The van der Waals surface area contributed by atoms with Gasteiger partial charge in [-0.1, -0.05) is 0 Å². The summed E-state index contributed by atoms with van der Waals surface area (Å²) in [5.74, 6) is -0.406. The third-order valence-corrected chi connectivity index (χ3v) is 9.81. The molecule has 2 amide bonds. The Labute approximate surface area is 226 Å². The van der Waals surface area contributed by atoms with Crippen molar-refractivity contribution in [3.63, 3.8) is 0 Å². The number of carbonyl (C=O) groups is 2. The first-order valence-corrected chi connectivity index (χ1v) is 14.2. The molecule has 10 nitrogen and oxygen atoms in total. The molecular formula is C28H35FN6O4. The Balaban J connectivity index is 0.968. The van der Waals surface area contributed by atoms with Gasteiger partial charge in [0.1, 0.15) is 5.69 Å². The number of piperidine rings is 1. The molecule has 3 saturated heterocycles. The van der Waals surface area contributed by atoms with Crippen molar-refractivity contribution >= 4 is 11.8 Å². The molecule has 2 N–H and O–H groups in total. The van der Waals surface area contributed by atoms with Crippen LogP contribution in [-0.4, -0.2) is 93.4 Å². The van der Waals surface area contributed by atoms with Crippen molar-refractivity contribution in [2.45, 2.75) is 74.6 Å². The number of likely N-dealkylation sites (tertiary alicyclic amines) is 2. The first-order valence-electron chi connectivity index (χ1n) is 14.2. The first kappa shape index (κ1) is 25.0. The average Bonchev–Trinajstić information content (AvgIpc) is 3.26. The highest BCUT2D eigenvalue weighted by Crippen LogP contribution is 2.51. The summed E-state index contributed by atoms with van der Waals surface area (Å²) in [6.07, 6.45) is 8.74. The fourth-order valence-corrected chi connectivity index (χ4v) is 7.14. The maximum atomic E-state index is 14.4. The number of hydrogen-bond acceptors (Lipinski definition) is 7. The predicted molar refractivity (Wildman–Crippen MR) is 138 cm³/mol. The first-order chi connectivity index (χ1) is 18.9. The van der Waals surface area contributed by atoms with E-state index < -0.39 is 5.82 Å². The largest absolute Gasteiger partial charge is 0.481 e. The van der Waals surface area contributed by atoms with Gasteiger partial charge in [-0.2, -0.15) is 5.10 Å². The van der Waals surface area contributed by atoms with Crippen LogP contribution in [0, 0.1) is 11.7 Å². The second kappa shape index (κ2) is 9.26. The molecule has 2 aromatic rings. The molecule has 5 heterocycles. The van der Waals surface area contributed by atoms with Gasteiger partial charge in [0.15, 0.2) is 5.82 Å². The zero-order chi connectivity index (χ0) is 26.8. The van der Waals surface area contributed by atoms with E-state index in [9.17, 15) is 14.0 Å². The van der Waals surface area contributed by atoms with Crippen LogP contribution in [0.5, 0.6) is 5.88 Å². The lowest BCUT2D eigenvalue weighted by molar-refractivity contribution is -0.246. The topological polar surface area (TPSA) is 113 Å². The third kappa shape index (κ3) is 4.21. The summed E-state index contributed by atoms with van der Waals surface area (Å²) in [5.41, 5.74) is 0.662. The molecule has 7 rings (SSSR count). The van der Waals surface area contributed by atoms with E-state index in [-0.39, 0.29) is 46.4 Å². The average molecular weight is 539 g/mol. The zero-order valence-corrected chi connectivity index (χ0v) is 22.2. The predicted octanol–water partition coefficient (Wildman–Crippen LogP) is 2.52. The molecular weight excluding hydrogens is 503 g/mol. The van der Waals surface area contributed by atoms with Crippen molar-refractivity contribution in [3.8, 4) is 17.1 Å². The van der Waals surface area contributed by atoms with Gasteiger partial charge in [-0.25, -0.2) is 9.37 Å². The number of carbonyl (C=O) groups excluding carboxylic acids is 2. The summed E-state index contributed by atoms with van der Waals surface area (Å²) in [4.78, 5) is 35.0. The molecule has 5 aliphatic rings. The Kier molecular flexibility index (Phi) is 5.93. The van der Waals surface area contributed by atoms with E-state index in [2.05, 4.69) is 25.4 Å². The van der Waals surface area contributed by atoms with E-state index >= 15 is 0 Å². The fourth-order valence-electron chi connectivity index (χ4n) is 7.14. The highest BCUT2D eigenvalue weighted by atomic mass is 19.1. The van der Waals surface area contributed by atoms with E-state index in [1.54, 1.807) is 6.07 Å². The number of aromatic nitrogens is 3. The number of halogens is 1. The quantitative estimate of drug-likeness (QED) is 0.581. The minimum absolute atomic E-state index is 0.0914. The Bertz CT molecular complexity index is 1290. The zero-order valence-electron chi connectivity index (χ0n) is 22.2. The monoisotopic (exact) mass is 538 g/mol. The number of hydrogen-bond donors (Lipinski definition) is 2. The highest BCUT2D eigenvalue weighted by molar-refractivity contribution is 5.94. The van der Waals surface area contributed by atoms with Crippen molar-refractivity contribution < 1.29 is 23.5 Å². The number of methoxy groups -OCH3 is 1. The minimum Gasteiger partial charge on any atom is -0.481 e. The van der Waals surface area contributed by atoms with Gasteiger partial charge >= 0.3 is 0 Å². The van der Waals surface area contributed by atoms with Crippen molar-refractivity contribution in [3.05, 3.63) is 29.8 Å². The number of pyridine rings is 1. The van der Waals surface area contributed by atoms with Gasteiger partial charge < -0.3 is 19.7 Å². The minimum atomic E-state index is -0.541. The van der Waals surface area contributed by atoms with Crippen molar-refractivity contribution in [2.24, 2.45) is 5.92 Å². The molecule has 208 valence electrons. The molecule has 0 bridgehead atoms. The van der Waals surface area contributed by atoms with Crippen molar-refractivity contribution in [2.75, 3.05) is 33.4 Å². The second-order valence-corrected chi connectivity index (χ2v) is 12.0. The molecule has 0 radical (unpaired) electrons. The molecule has 11 heteroatoms. The normalized spacial score (nSPS) is 28.7. The maximum Gasteiger partial charge on any atom is 0.272 e. The standard InChI is InChI=1S/C28H35FN6O4/c1-38-24-11-19(20(29)14-30-24)21-12-22(33-32-21)26(37)35-10-3-17(13-27(35)7-8-27)25(36)31-18-4-9-34(15-18)23-16-39-28(23)5-2-6-28/h11-12,14,17-18,23H,2-10,13,15-16H2,1H3,(H,31,36)(H,32,33)/t17-,18-,23+/m0/s1. The Morgan fingerprint density at radius 1 is 1.21 bits per heavy atom. The fraction of sp³-hybridized carbons (Fsp3) is 0.643. The molecule has 2 spiro atoms. The summed E-state index contributed by atoms with van der Waals surface area (Å²) in [6, 6.07) is 3.72. The van der Waals surface area contributed by atoms with Crippen LogP contribution in [0.15, 0.2) is 18.3 Å². The van der Waals surface area contributed by atoms with E-state index in [0.717, 1.165) is 45.2 Å². The summed E-state index contributed by atoms with van der Waals surface area (Å²) in [5, 5.41) is 10.3. The molecule has 2 aromatic heterocycles. The number of aromatic amines is 1. The summed E-state index contributed by atoms with van der Waals surface area (Å²) in [6.45, 7) is 3.25. The SMILES string of the molecule is COc1cc(-c2cc(C(=O)N3CC[C@H](C(=O)N[C@H]4CCN([C@@H]5COC56CCC6)C4)CC34CC4)[nH]n2)c(F)cn1. The number of nitrogens with one attached hydrogen (secondary N) is 2. The van der Waals surface area contributed by atoms with Gasteiger partial charge in [0, 0.05) is 48.8 Å². The number of nitrogens with zero attached hydrogens (tertiary/aromatic N) is 4. The van der Waals surface area contributed by atoms with Crippen LogP contribution in [0.1, 0.15) is 61.9 Å². The molecule has 2 saturated carbocycles. The van der Waals surface area contributed by atoms with Crippen LogP contribution < -0.4 is 10.1 Å². The third-order valence-electron chi connectivity index (χ3n) is 9.81. The van der Waals surface area contributed by atoms with Gasteiger partial charge in [-0.15, -0.1) is 0 Å². The highest BCUT2D eigenvalue weighted by Gasteiger charge is 2.56. The van der Waals surface area contributed by atoms with Crippen molar-refractivity contribution in [1.29, 1.82) is 0 Å². The Morgan fingerprint density at radius 2 is 2.05 bits per heavy atom. The number of H-pyrrole nitrogens is 1. The van der Waals surface area contributed by atoms with Gasteiger partial charge in [0.2, 0.25) is 11.8 Å². The van der Waals surface area contributed by atoms with Crippen LogP contribution in [0.3, 0.4) is 0 Å². The number of ether oxygens (including phenoxy) is 2. The van der Waals surface area contributed by atoms with Gasteiger partial charge in [0.25, 0.3) is 5.91 Å².